The van der Waals surface area contributed by atoms with Crippen molar-refractivity contribution in [3.8, 4) is 44.1 Å². The molecule has 0 aliphatic carbocycles. The van der Waals surface area contributed by atoms with Gasteiger partial charge < -0.3 is 40.6 Å². The first-order chi connectivity index (χ1) is 32.7. The van der Waals surface area contributed by atoms with Crippen LogP contribution in [0.3, 0.4) is 0 Å². The molecule has 2 aromatic carbocycles. The largest absolute Gasteiger partial charge is 0.454 e. The number of carbonyl (C=O) groups excluding carboxylic acids is 2. The summed E-state index contributed by atoms with van der Waals surface area (Å²) in [6.45, 7) is 25.9. The monoisotopic (exact) mass is 1000 g/mol. The van der Waals surface area contributed by atoms with E-state index in [0.717, 1.165) is 126 Å². The van der Waals surface area contributed by atoms with Crippen molar-refractivity contribution in [1.29, 1.82) is 0 Å². The van der Waals surface area contributed by atoms with Crippen LogP contribution in [0.2, 0.25) is 0 Å². The zero-order valence-electron chi connectivity index (χ0n) is 40.3. The van der Waals surface area contributed by atoms with Crippen molar-refractivity contribution >= 4 is 87.6 Å². The molecule has 5 N–H and O–H groups in total. The molecule has 0 fully saturated rings. The topological polar surface area (TPSA) is 165 Å². The van der Waals surface area contributed by atoms with Crippen LogP contribution in [0, 0.1) is 0 Å². The molecule has 4 aliphatic rings. The van der Waals surface area contributed by atoms with Crippen molar-refractivity contribution in [3.63, 3.8) is 0 Å². The van der Waals surface area contributed by atoms with E-state index in [0.29, 0.717) is 37.1 Å². The summed E-state index contributed by atoms with van der Waals surface area (Å²) in [7, 11) is 0. The SMILES string of the molecule is C=CC(=O)Nc1sc2c(c1-c1nc3cc4c(cc3s1)OCO4)CCN(C(C)C)C2.CCC(C)N.CCC(C)NCCC(=O)Nc1sc2c(c1-c1nc3cc4c(cc3s1)OCO4)CCN(C(C)C)C2. The number of rotatable bonds is 13. The molecule has 2 amide bonds. The lowest BCUT2D eigenvalue weighted by Gasteiger charge is -2.30. The lowest BCUT2D eigenvalue weighted by atomic mass is 10.0. The summed E-state index contributed by atoms with van der Waals surface area (Å²) in [5.41, 5.74) is 11.8. The summed E-state index contributed by atoms with van der Waals surface area (Å²) in [6, 6.07) is 9.66. The maximum Gasteiger partial charge on any atom is 0.248 e. The molecule has 10 rings (SSSR count). The first kappa shape index (κ1) is 49.8. The van der Waals surface area contributed by atoms with E-state index in [1.54, 1.807) is 45.3 Å². The Morgan fingerprint density at radius 3 is 1.60 bits per heavy atom. The standard InChI is InChI=1S/C25H32N4O3S2.C21H21N3O3S2.C4H11N/c1-5-15(4)26-8-6-22(30)28-25-23(16-7-9-29(14(2)3)12-21(16)34-25)24-27-17-10-18-19(32-13-31-18)11-20(17)33-24;1-4-18(25)23-21-19(12-5-6-24(11(2)3)9-17(12)29-21)20-22-13-7-14-15(27-10-26-14)8-16(13)28-20;1-3-4(2)5/h10-11,14-15,26H,5-9,12-13H2,1-4H3,(H,28,30);4,7-8,11H,1,5-6,9-10H2,2-3H3,(H,23,25);4H,3,5H2,1-2H3. The van der Waals surface area contributed by atoms with Crippen LogP contribution in [0.1, 0.15) is 95.5 Å². The molecule has 4 aromatic heterocycles. The van der Waals surface area contributed by atoms with Gasteiger partial charge in [0.05, 0.1) is 20.4 Å². The highest BCUT2D eigenvalue weighted by atomic mass is 32.1. The third kappa shape index (κ3) is 11.2. The van der Waals surface area contributed by atoms with Gasteiger partial charge in [0.15, 0.2) is 23.0 Å². The third-order valence-corrected chi connectivity index (χ3v) is 16.9. The normalized spacial score (nSPS) is 15.9. The quantitative estimate of drug-likeness (QED) is 0.0811. The molecule has 14 nitrogen and oxygen atoms in total. The minimum absolute atomic E-state index is 0.0400. The van der Waals surface area contributed by atoms with E-state index in [9.17, 15) is 9.59 Å². The number of benzene rings is 2. The van der Waals surface area contributed by atoms with E-state index in [4.69, 9.17) is 34.6 Å². The Balaban J connectivity index is 0.000000169. The smallest absolute Gasteiger partial charge is 0.248 e. The Hall–Kier alpha value is -4.66. The summed E-state index contributed by atoms with van der Waals surface area (Å²) < 4.78 is 24.2. The van der Waals surface area contributed by atoms with Crippen LogP contribution in [0.4, 0.5) is 10.0 Å². The Kier molecular flexibility index (Phi) is 16.1. The molecule has 8 heterocycles. The maximum absolute atomic E-state index is 12.9. The van der Waals surface area contributed by atoms with Gasteiger partial charge in [0.1, 0.15) is 20.0 Å². The number of aromatic nitrogens is 2. The van der Waals surface area contributed by atoms with Crippen molar-refractivity contribution in [1.82, 2.24) is 25.1 Å². The van der Waals surface area contributed by atoms with E-state index in [-0.39, 0.29) is 25.4 Å². The Bertz CT molecular complexity index is 2690. The van der Waals surface area contributed by atoms with Crippen molar-refractivity contribution in [2.75, 3.05) is 43.9 Å². The van der Waals surface area contributed by atoms with Crippen LogP contribution in [-0.2, 0) is 35.5 Å². The molecule has 4 aliphatic heterocycles. The predicted octanol–water partition coefficient (Wildman–Crippen LogP) is 10.6. The predicted molar refractivity (Wildman–Crippen MR) is 280 cm³/mol. The van der Waals surface area contributed by atoms with Crippen LogP contribution in [0.5, 0.6) is 23.0 Å². The summed E-state index contributed by atoms with van der Waals surface area (Å²) in [5, 5.41) is 13.3. The molecule has 0 saturated carbocycles. The molecular formula is C50H64N8O6S4. The van der Waals surface area contributed by atoms with Gasteiger partial charge in [-0.15, -0.1) is 45.3 Å². The summed E-state index contributed by atoms with van der Waals surface area (Å²) in [6.07, 6.45) is 5.80. The fraction of sp³-hybridized carbons (Fsp3) is 0.480. The molecule has 68 heavy (non-hydrogen) atoms. The van der Waals surface area contributed by atoms with Gasteiger partial charge in [-0.2, -0.15) is 0 Å². The number of amides is 2. The molecule has 364 valence electrons. The van der Waals surface area contributed by atoms with Gasteiger partial charge in [0, 0.05) is 108 Å². The molecule has 0 radical (unpaired) electrons. The molecule has 2 atom stereocenters. The van der Waals surface area contributed by atoms with E-state index in [1.807, 2.05) is 31.2 Å². The first-order valence-corrected chi connectivity index (χ1v) is 26.9. The number of hydrogen-bond donors (Lipinski definition) is 4. The Morgan fingerprint density at radius 1 is 0.721 bits per heavy atom. The maximum atomic E-state index is 12.9. The number of nitrogens with two attached hydrogens (primary N) is 1. The van der Waals surface area contributed by atoms with Crippen molar-refractivity contribution < 1.29 is 28.5 Å². The second kappa shape index (κ2) is 22.0. The fourth-order valence-corrected chi connectivity index (χ4v) is 12.9. The summed E-state index contributed by atoms with van der Waals surface area (Å²) in [5.74, 6) is 2.84. The number of anilines is 2. The van der Waals surface area contributed by atoms with Gasteiger partial charge >= 0.3 is 0 Å². The Labute approximate surface area is 415 Å². The minimum atomic E-state index is -0.201. The van der Waals surface area contributed by atoms with E-state index in [2.05, 4.69) is 80.8 Å². The third-order valence-electron chi connectivity index (χ3n) is 12.6. The molecule has 6 aromatic rings. The number of carbonyl (C=O) groups is 2. The summed E-state index contributed by atoms with van der Waals surface area (Å²) >= 11 is 6.62. The highest BCUT2D eigenvalue weighted by molar-refractivity contribution is 7.23. The number of thiazole rings is 2. The van der Waals surface area contributed by atoms with Gasteiger partial charge in [-0.3, -0.25) is 19.4 Å². The Morgan fingerprint density at radius 2 is 1.18 bits per heavy atom. The summed E-state index contributed by atoms with van der Waals surface area (Å²) in [4.78, 5) is 42.4. The van der Waals surface area contributed by atoms with Crippen molar-refractivity contribution in [3.05, 3.63) is 57.8 Å². The highest BCUT2D eigenvalue weighted by Crippen LogP contribution is 2.49. The lowest BCUT2D eigenvalue weighted by Crippen LogP contribution is -2.35. The number of nitrogens with one attached hydrogen (secondary N) is 3. The number of nitrogens with zero attached hydrogens (tertiary/aromatic N) is 4. The van der Waals surface area contributed by atoms with Crippen molar-refractivity contribution in [2.24, 2.45) is 5.73 Å². The molecule has 18 heteroatoms. The second-order valence-electron chi connectivity index (χ2n) is 18.1. The zero-order chi connectivity index (χ0) is 48.2. The van der Waals surface area contributed by atoms with Gasteiger partial charge in [0.25, 0.3) is 0 Å². The molecule has 0 bridgehead atoms. The van der Waals surface area contributed by atoms with Gasteiger partial charge in [0.2, 0.25) is 25.4 Å². The van der Waals surface area contributed by atoms with Crippen molar-refractivity contribution in [2.45, 2.75) is 125 Å². The van der Waals surface area contributed by atoms with E-state index < -0.39 is 0 Å². The average Bonchev–Trinajstić information content (AvgIpc) is 4.19. The number of hydrogen-bond acceptors (Lipinski definition) is 16. The average molecular weight is 1000 g/mol. The van der Waals surface area contributed by atoms with Gasteiger partial charge in [-0.1, -0.05) is 20.4 Å². The molecular weight excluding hydrogens is 937 g/mol. The van der Waals surface area contributed by atoms with Gasteiger partial charge in [-0.25, -0.2) is 9.97 Å². The van der Waals surface area contributed by atoms with E-state index in [1.165, 1.54) is 27.0 Å². The fourth-order valence-electron chi connectivity index (χ4n) is 8.14. The second-order valence-corrected chi connectivity index (χ2v) is 22.3. The van der Waals surface area contributed by atoms with Crippen LogP contribution in [0.15, 0.2) is 36.9 Å². The lowest BCUT2D eigenvalue weighted by molar-refractivity contribution is -0.116. The number of fused-ring (bicyclic) bond motifs is 6. The highest BCUT2D eigenvalue weighted by Gasteiger charge is 2.31. The molecule has 0 saturated heterocycles. The van der Waals surface area contributed by atoms with Crippen LogP contribution >= 0.6 is 45.3 Å². The van der Waals surface area contributed by atoms with Crippen LogP contribution in [-0.4, -0.2) is 89.0 Å². The molecule has 0 spiro atoms. The number of thiophene rings is 2. The first-order valence-electron chi connectivity index (χ1n) is 23.6. The zero-order valence-corrected chi connectivity index (χ0v) is 43.6. The van der Waals surface area contributed by atoms with Crippen LogP contribution < -0.4 is 40.6 Å². The molecule has 2 unspecified atom stereocenters. The number of ether oxygens (including phenoxy) is 4. The van der Waals surface area contributed by atoms with Crippen LogP contribution in [0.25, 0.3) is 41.6 Å². The van der Waals surface area contributed by atoms with Gasteiger partial charge in [-0.05, 0) is 84.4 Å². The van der Waals surface area contributed by atoms with E-state index >= 15 is 0 Å². The minimum Gasteiger partial charge on any atom is -0.454 e.